The maximum atomic E-state index is 6.13. The Balaban J connectivity index is 2.25. The van der Waals surface area contributed by atoms with Gasteiger partial charge in [0.05, 0.1) is 6.61 Å². The van der Waals surface area contributed by atoms with Crippen LogP contribution in [0.4, 0.5) is 0 Å². The van der Waals surface area contributed by atoms with Crippen molar-refractivity contribution in [3.8, 4) is 0 Å². The zero-order valence-corrected chi connectivity index (χ0v) is 12.8. The van der Waals surface area contributed by atoms with Crippen molar-refractivity contribution in [2.24, 2.45) is 5.73 Å². The van der Waals surface area contributed by atoms with Crippen LogP contribution in [0.1, 0.15) is 49.8 Å². The number of nitrogens with two attached hydrogens (primary N) is 1. The highest BCUT2D eigenvalue weighted by atomic mass is 16.5. The van der Waals surface area contributed by atoms with Crippen molar-refractivity contribution in [1.29, 1.82) is 0 Å². The maximum Gasteiger partial charge on any atom is 0.0716 e. The molecule has 3 heteroatoms. The van der Waals surface area contributed by atoms with E-state index in [9.17, 15) is 0 Å². The summed E-state index contributed by atoms with van der Waals surface area (Å²) in [4.78, 5) is 2.60. The summed E-state index contributed by atoms with van der Waals surface area (Å²) in [5.74, 6) is 0. The molecule has 1 fully saturated rings. The Morgan fingerprint density at radius 2 is 2.00 bits per heavy atom. The lowest BCUT2D eigenvalue weighted by Gasteiger charge is -2.36. The van der Waals surface area contributed by atoms with E-state index in [0.29, 0.717) is 25.2 Å². The van der Waals surface area contributed by atoms with Crippen molar-refractivity contribution in [2.75, 3.05) is 20.2 Å². The van der Waals surface area contributed by atoms with Gasteiger partial charge in [-0.3, -0.25) is 4.90 Å². The first-order valence-corrected chi connectivity index (χ1v) is 7.84. The molecule has 0 spiro atoms. The molecule has 0 aliphatic heterocycles. The maximum absolute atomic E-state index is 6.13. The molecule has 1 aliphatic carbocycles. The summed E-state index contributed by atoms with van der Waals surface area (Å²) >= 11 is 0. The lowest BCUT2D eigenvalue weighted by atomic mass is 9.97. The largest absolute Gasteiger partial charge is 0.380 e. The smallest absolute Gasteiger partial charge is 0.0716 e. The normalized spacial score (nSPS) is 17.8. The number of hydrogen-bond donors (Lipinski definition) is 1. The summed E-state index contributed by atoms with van der Waals surface area (Å²) in [5, 5.41) is 0. The number of nitrogens with zero attached hydrogens (tertiary/aromatic N) is 1. The molecule has 3 nitrogen and oxygen atoms in total. The summed E-state index contributed by atoms with van der Waals surface area (Å²) in [6, 6.07) is 9.57. The predicted octanol–water partition coefficient (Wildman–Crippen LogP) is 3.10. The zero-order chi connectivity index (χ0) is 14.4. The SMILES string of the molecule is CCN(C1CCCC1)C(CN)c1ccccc1COC. The van der Waals surface area contributed by atoms with E-state index < -0.39 is 0 Å². The van der Waals surface area contributed by atoms with Crippen LogP contribution in [0.5, 0.6) is 0 Å². The third-order valence-corrected chi connectivity index (χ3v) is 4.50. The fraction of sp³-hybridized carbons (Fsp3) is 0.647. The van der Waals surface area contributed by atoms with Crippen LogP contribution in [0.15, 0.2) is 24.3 Å². The number of benzene rings is 1. The van der Waals surface area contributed by atoms with Gasteiger partial charge in [0.2, 0.25) is 0 Å². The average Bonchev–Trinajstić information content (AvgIpc) is 3.00. The lowest BCUT2D eigenvalue weighted by molar-refractivity contribution is 0.141. The van der Waals surface area contributed by atoms with Crippen LogP contribution < -0.4 is 5.73 Å². The summed E-state index contributed by atoms with van der Waals surface area (Å²) in [6.07, 6.45) is 5.35. The molecule has 112 valence electrons. The first-order valence-electron chi connectivity index (χ1n) is 7.84. The van der Waals surface area contributed by atoms with Gasteiger partial charge in [-0.1, -0.05) is 44.0 Å². The van der Waals surface area contributed by atoms with Crippen LogP contribution in [-0.2, 0) is 11.3 Å². The molecule has 1 aromatic carbocycles. The number of ether oxygens (including phenoxy) is 1. The van der Waals surface area contributed by atoms with Gasteiger partial charge in [-0.05, 0) is 30.5 Å². The molecule has 0 saturated heterocycles. The second-order valence-electron chi connectivity index (χ2n) is 5.65. The van der Waals surface area contributed by atoms with Crippen LogP contribution in [0.25, 0.3) is 0 Å². The van der Waals surface area contributed by atoms with E-state index in [1.807, 2.05) is 0 Å². The molecule has 0 aromatic heterocycles. The Hall–Kier alpha value is -0.900. The standard InChI is InChI=1S/C17H28N2O/c1-3-19(15-9-5-6-10-15)17(12-18)16-11-7-4-8-14(16)13-20-2/h4,7-8,11,15,17H,3,5-6,9-10,12-13,18H2,1-2H3. The molecule has 2 N–H and O–H groups in total. The third-order valence-electron chi connectivity index (χ3n) is 4.50. The van der Waals surface area contributed by atoms with Crippen LogP contribution in [0.3, 0.4) is 0 Å². The molecule has 0 heterocycles. The van der Waals surface area contributed by atoms with Crippen molar-refractivity contribution in [2.45, 2.75) is 51.3 Å². The third kappa shape index (κ3) is 3.40. The van der Waals surface area contributed by atoms with Crippen LogP contribution in [0.2, 0.25) is 0 Å². The van der Waals surface area contributed by atoms with Crippen LogP contribution in [0, 0.1) is 0 Å². The Bertz CT molecular complexity index is 402. The topological polar surface area (TPSA) is 38.5 Å². The molecular weight excluding hydrogens is 248 g/mol. The molecule has 1 saturated carbocycles. The molecule has 1 aliphatic rings. The molecule has 1 atom stereocenters. The Morgan fingerprint density at radius 1 is 1.30 bits per heavy atom. The monoisotopic (exact) mass is 276 g/mol. The molecule has 20 heavy (non-hydrogen) atoms. The summed E-state index contributed by atoms with van der Waals surface area (Å²) < 4.78 is 5.34. The summed E-state index contributed by atoms with van der Waals surface area (Å²) in [5.41, 5.74) is 8.74. The molecular formula is C17H28N2O. The van der Waals surface area contributed by atoms with Crippen molar-refractivity contribution in [3.05, 3.63) is 35.4 Å². The molecule has 2 rings (SSSR count). The number of rotatable bonds is 7. The van der Waals surface area contributed by atoms with Crippen molar-refractivity contribution >= 4 is 0 Å². The fourth-order valence-corrected chi connectivity index (χ4v) is 3.56. The van der Waals surface area contributed by atoms with E-state index >= 15 is 0 Å². The highest BCUT2D eigenvalue weighted by Crippen LogP contribution is 2.32. The Labute approximate surface area is 123 Å². The zero-order valence-electron chi connectivity index (χ0n) is 12.8. The van der Waals surface area contributed by atoms with Gasteiger partial charge in [-0.2, -0.15) is 0 Å². The van der Waals surface area contributed by atoms with Crippen LogP contribution >= 0.6 is 0 Å². The number of methoxy groups -OCH3 is 1. The Morgan fingerprint density at radius 3 is 2.60 bits per heavy atom. The molecule has 0 radical (unpaired) electrons. The summed E-state index contributed by atoms with van der Waals surface area (Å²) in [6.45, 7) is 4.65. The second-order valence-corrected chi connectivity index (χ2v) is 5.65. The lowest BCUT2D eigenvalue weighted by Crippen LogP contribution is -2.40. The molecule has 0 bridgehead atoms. The molecule has 0 amide bonds. The van der Waals surface area contributed by atoms with Gasteiger partial charge in [0.15, 0.2) is 0 Å². The minimum absolute atomic E-state index is 0.314. The van der Waals surface area contributed by atoms with Crippen LogP contribution in [-0.4, -0.2) is 31.1 Å². The van der Waals surface area contributed by atoms with Gasteiger partial charge in [0, 0.05) is 25.7 Å². The highest BCUT2D eigenvalue weighted by molar-refractivity contribution is 5.30. The second kappa shape index (κ2) is 7.77. The van der Waals surface area contributed by atoms with Gasteiger partial charge in [-0.25, -0.2) is 0 Å². The first-order chi connectivity index (χ1) is 9.81. The number of likely N-dealkylation sites (N-methyl/N-ethyl adjacent to an activating group) is 1. The van der Waals surface area contributed by atoms with E-state index in [0.717, 1.165) is 6.54 Å². The summed E-state index contributed by atoms with van der Waals surface area (Å²) in [7, 11) is 1.75. The minimum atomic E-state index is 0.314. The van der Waals surface area contributed by atoms with Gasteiger partial charge in [0.1, 0.15) is 0 Å². The number of hydrogen-bond acceptors (Lipinski definition) is 3. The van der Waals surface area contributed by atoms with E-state index in [2.05, 4.69) is 36.1 Å². The van der Waals surface area contributed by atoms with E-state index in [1.165, 1.54) is 36.8 Å². The van der Waals surface area contributed by atoms with Gasteiger partial charge < -0.3 is 10.5 Å². The van der Waals surface area contributed by atoms with E-state index in [4.69, 9.17) is 10.5 Å². The van der Waals surface area contributed by atoms with Crippen molar-refractivity contribution in [1.82, 2.24) is 4.90 Å². The molecule has 1 aromatic rings. The van der Waals surface area contributed by atoms with Gasteiger partial charge in [-0.15, -0.1) is 0 Å². The van der Waals surface area contributed by atoms with Gasteiger partial charge in [0.25, 0.3) is 0 Å². The highest BCUT2D eigenvalue weighted by Gasteiger charge is 2.28. The Kier molecular flexibility index (Phi) is 6.02. The fourth-order valence-electron chi connectivity index (χ4n) is 3.56. The predicted molar refractivity (Wildman–Crippen MR) is 83.6 cm³/mol. The van der Waals surface area contributed by atoms with E-state index in [1.54, 1.807) is 7.11 Å². The van der Waals surface area contributed by atoms with Crippen molar-refractivity contribution in [3.63, 3.8) is 0 Å². The van der Waals surface area contributed by atoms with Gasteiger partial charge >= 0.3 is 0 Å². The average molecular weight is 276 g/mol. The minimum Gasteiger partial charge on any atom is -0.380 e. The molecule has 1 unspecified atom stereocenters. The first kappa shape index (κ1) is 15.5. The van der Waals surface area contributed by atoms with Crippen molar-refractivity contribution < 1.29 is 4.74 Å². The van der Waals surface area contributed by atoms with E-state index in [-0.39, 0.29) is 0 Å². The quantitative estimate of drug-likeness (QED) is 0.831.